The lowest BCUT2D eigenvalue weighted by molar-refractivity contribution is -0.117. The molecule has 0 unspecified atom stereocenters. The molecule has 7 nitrogen and oxygen atoms in total. The highest BCUT2D eigenvalue weighted by Gasteiger charge is 2.30. The highest BCUT2D eigenvalue weighted by molar-refractivity contribution is 6.42. The summed E-state index contributed by atoms with van der Waals surface area (Å²) < 4.78 is 2.89. The lowest BCUT2D eigenvalue weighted by atomic mass is 10.1. The Morgan fingerprint density at radius 3 is 2.61 bits per heavy atom. The number of benzene rings is 2. The first-order valence-electron chi connectivity index (χ1n) is 10.6. The molecule has 2 aromatic carbocycles. The maximum absolute atomic E-state index is 13.5. The first kappa shape index (κ1) is 21.7. The molecule has 168 valence electrons. The number of hydrogen-bond donors (Lipinski definition) is 1. The third-order valence-electron chi connectivity index (χ3n) is 5.75. The molecule has 1 aliphatic carbocycles. The van der Waals surface area contributed by atoms with Crippen LogP contribution < -0.4 is 10.9 Å². The van der Waals surface area contributed by atoms with Gasteiger partial charge in [0.05, 0.1) is 27.6 Å². The molecule has 33 heavy (non-hydrogen) atoms. The maximum atomic E-state index is 13.5. The van der Waals surface area contributed by atoms with E-state index in [2.05, 4.69) is 21.6 Å². The molecular formula is C24H21Cl2N5O2. The first-order chi connectivity index (χ1) is 15.8. The van der Waals surface area contributed by atoms with Gasteiger partial charge >= 0.3 is 0 Å². The van der Waals surface area contributed by atoms with Gasteiger partial charge in [-0.3, -0.25) is 9.59 Å². The number of hydrogen-bond acceptors (Lipinski definition) is 4. The largest absolute Gasteiger partial charge is 0.324 e. The van der Waals surface area contributed by atoms with Crippen LogP contribution in [0, 0.1) is 13.8 Å². The monoisotopic (exact) mass is 481 g/mol. The van der Waals surface area contributed by atoms with Crippen LogP contribution in [0.25, 0.3) is 16.6 Å². The number of anilines is 1. The second-order valence-corrected chi connectivity index (χ2v) is 9.22. The second-order valence-electron chi connectivity index (χ2n) is 8.41. The molecule has 1 aliphatic rings. The van der Waals surface area contributed by atoms with E-state index in [1.165, 1.54) is 4.68 Å². The van der Waals surface area contributed by atoms with E-state index in [4.69, 9.17) is 23.2 Å². The van der Waals surface area contributed by atoms with Crippen LogP contribution in [0.5, 0.6) is 0 Å². The van der Waals surface area contributed by atoms with Gasteiger partial charge in [-0.15, -0.1) is 0 Å². The summed E-state index contributed by atoms with van der Waals surface area (Å²) in [6, 6.07) is 10.8. The fraction of sp³-hybridized carbons (Fsp3) is 0.250. The Morgan fingerprint density at radius 2 is 1.91 bits per heavy atom. The number of carbonyl (C=O) groups is 1. The van der Waals surface area contributed by atoms with E-state index in [-0.39, 0.29) is 23.9 Å². The lowest BCUT2D eigenvalue weighted by Gasteiger charge is -2.12. The van der Waals surface area contributed by atoms with Crippen LogP contribution in [-0.2, 0) is 11.3 Å². The number of rotatable bonds is 5. The van der Waals surface area contributed by atoms with Crippen molar-refractivity contribution in [1.82, 2.24) is 19.6 Å². The van der Waals surface area contributed by atoms with E-state index in [1.54, 1.807) is 29.1 Å². The van der Waals surface area contributed by atoms with Crippen molar-refractivity contribution in [3.8, 4) is 5.69 Å². The highest BCUT2D eigenvalue weighted by atomic mass is 35.5. The lowest BCUT2D eigenvalue weighted by Crippen LogP contribution is -2.31. The van der Waals surface area contributed by atoms with Gasteiger partial charge in [0.1, 0.15) is 12.1 Å². The zero-order valence-corrected chi connectivity index (χ0v) is 19.6. The van der Waals surface area contributed by atoms with Gasteiger partial charge in [-0.25, -0.2) is 9.36 Å². The standard InChI is InChI=1S/C24H21Cl2N5O2/c1-13-3-8-20(14(2)9-13)31-23-17(11-27-31)22(15-4-5-15)29-30(24(23)33)12-21(32)28-16-6-7-18(25)19(26)10-16/h3,6-11,15H,4-5,12H2,1-2H3,(H,28,32). The van der Waals surface area contributed by atoms with Crippen LogP contribution in [0.15, 0.2) is 47.4 Å². The van der Waals surface area contributed by atoms with E-state index in [9.17, 15) is 9.59 Å². The summed E-state index contributed by atoms with van der Waals surface area (Å²) in [4.78, 5) is 26.2. The van der Waals surface area contributed by atoms with Crippen LogP contribution in [-0.4, -0.2) is 25.5 Å². The van der Waals surface area contributed by atoms with Gasteiger partial charge in [0.2, 0.25) is 5.91 Å². The summed E-state index contributed by atoms with van der Waals surface area (Å²) in [6.45, 7) is 3.78. The summed E-state index contributed by atoms with van der Waals surface area (Å²) in [7, 11) is 0. The molecule has 2 aromatic heterocycles. The van der Waals surface area contributed by atoms with Gasteiger partial charge in [0.15, 0.2) is 0 Å². The minimum Gasteiger partial charge on any atom is -0.324 e. The van der Waals surface area contributed by atoms with Crippen molar-refractivity contribution in [2.24, 2.45) is 0 Å². The van der Waals surface area contributed by atoms with E-state index in [0.717, 1.165) is 40.7 Å². The van der Waals surface area contributed by atoms with Crippen LogP contribution in [0.4, 0.5) is 5.69 Å². The van der Waals surface area contributed by atoms with Crippen molar-refractivity contribution in [3.05, 3.63) is 79.8 Å². The molecule has 0 spiro atoms. The molecule has 2 heterocycles. The normalized spacial score (nSPS) is 13.5. The highest BCUT2D eigenvalue weighted by Crippen LogP contribution is 2.41. The molecule has 0 bridgehead atoms. The molecule has 5 rings (SSSR count). The number of halogens is 2. The van der Waals surface area contributed by atoms with Crippen LogP contribution in [0.2, 0.25) is 10.0 Å². The minimum atomic E-state index is -0.387. The van der Waals surface area contributed by atoms with Crippen LogP contribution >= 0.6 is 23.2 Å². The van der Waals surface area contributed by atoms with Gasteiger partial charge in [-0.05, 0) is 56.5 Å². The third-order valence-corrected chi connectivity index (χ3v) is 6.49. The molecular weight excluding hydrogens is 461 g/mol. The Bertz CT molecular complexity index is 1470. The molecule has 0 radical (unpaired) electrons. The zero-order valence-electron chi connectivity index (χ0n) is 18.1. The minimum absolute atomic E-state index is 0.229. The molecule has 0 saturated heterocycles. The number of aryl methyl sites for hydroxylation is 2. The van der Waals surface area contributed by atoms with E-state index >= 15 is 0 Å². The fourth-order valence-corrected chi connectivity index (χ4v) is 4.29. The second kappa shape index (κ2) is 8.32. The number of nitrogens with one attached hydrogen (secondary N) is 1. The Balaban J connectivity index is 1.56. The number of fused-ring (bicyclic) bond motifs is 1. The zero-order chi connectivity index (χ0) is 23.3. The van der Waals surface area contributed by atoms with Gasteiger partial charge in [0, 0.05) is 17.0 Å². The number of carbonyl (C=O) groups excluding carboxylic acids is 1. The van der Waals surface area contributed by atoms with Crippen LogP contribution in [0.3, 0.4) is 0 Å². The van der Waals surface area contributed by atoms with E-state index in [1.807, 2.05) is 26.0 Å². The number of amides is 1. The SMILES string of the molecule is Cc1ccc(-n2ncc3c(C4CC4)nn(CC(=O)Nc4ccc(Cl)c(Cl)c4)c(=O)c32)c(C)c1. The molecule has 0 atom stereocenters. The first-order valence-corrected chi connectivity index (χ1v) is 11.4. The molecule has 1 amide bonds. The Kier molecular flexibility index (Phi) is 5.46. The van der Waals surface area contributed by atoms with Crippen molar-refractivity contribution in [2.45, 2.75) is 39.2 Å². The van der Waals surface area contributed by atoms with E-state index in [0.29, 0.717) is 21.2 Å². The Hall–Kier alpha value is -3.16. The summed E-state index contributed by atoms with van der Waals surface area (Å²) in [6.07, 6.45) is 3.71. The van der Waals surface area contributed by atoms with Gasteiger partial charge in [-0.1, -0.05) is 40.9 Å². The maximum Gasteiger partial charge on any atom is 0.293 e. The van der Waals surface area contributed by atoms with Crippen molar-refractivity contribution >= 4 is 45.7 Å². The molecule has 1 fully saturated rings. The average Bonchev–Trinajstić information content (AvgIpc) is 3.51. The quantitative estimate of drug-likeness (QED) is 0.433. The topological polar surface area (TPSA) is 81.8 Å². The van der Waals surface area contributed by atoms with Crippen molar-refractivity contribution in [1.29, 1.82) is 0 Å². The van der Waals surface area contributed by atoms with Crippen LogP contribution in [0.1, 0.15) is 35.6 Å². The van der Waals surface area contributed by atoms with Gasteiger partial charge in [0.25, 0.3) is 5.56 Å². The number of aromatic nitrogens is 4. The van der Waals surface area contributed by atoms with Crippen molar-refractivity contribution in [3.63, 3.8) is 0 Å². The Morgan fingerprint density at radius 1 is 1.12 bits per heavy atom. The smallest absolute Gasteiger partial charge is 0.293 e. The predicted molar refractivity (Wildman–Crippen MR) is 130 cm³/mol. The molecule has 1 saturated carbocycles. The molecule has 4 aromatic rings. The van der Waals surface area contributed by atoms with Crippen molar-refractivity contribution < 1.29 is 4.79 Å². The third kappa shape index (κ3) is 4.14. The van der Waals surface area contributed by atoms with E-state index < -0.39 is 0 Å². The molecule has 0 aliphatic heterocycles. The summed E-state index contributed by atoms with van der Waals surface area (Å²) >= 11 is 12.0. The predicted octanol–water partition coefficient (Wildman–Crippen LogP) is 5.02. The average molecular weight is 482 g/mol. The summed E-state index contributed by atoms with van der Waals surface area (Å²) in [5.41, 5.74) is 4.33. The molecule has 1 N–H and O–H groups in total. The fourth-order valence-electron chi connectivity index (χ4n) is 3.99. The molecule has 9 heteroatoms. The summed E-state index contributed by atoms with van der Waals surface area (Å²) in [5, 5.41) is 13.3. The number of nitrogens with zero attached hydrogens (tertiary/aromatic N) is 4. The Labute approximate surface area is 199 Å². The van der Waals surface area contributed by atoms with Gasteiger partial charge in [-0.2, -0.15) is 10.2 Å². The van der Waals surface area contributed by atoms with Gasteiger partial charge < -0.3 is 5.32 Å². The van der Waals surface area contributed by atoms with Crippen molar-refractivity contribution in [2.75, 3.05) is 5.32 Å². The summed E-state index contributed by atoms with van der Waals surface area (Å²) in [5.74, 6) is -0.115.